The number of amides is 1. The number of nitrogens with zero attached hydrogens (tertiary/aromatic N) is 8. The minimum Gasteiger partial charge on any atom is -0.368 e. The summed E-state index contributed by atoms with van der Waals surface area (Å²) in [7, 11) is 0. The fraction of sp³-hybridized carbons (Fsp3) is 0.412. The third kappa shape index (κ3) is 3.78. The van der Waals surface area contributed by atoms with Crippen LogP contribution in [0.1, 0.15) is 12.2 Å². The Morgan fingerprint density at radius 3 is 2.67 bits per heavy atom. The minimum atomic E-state index is 0.137. The van der Waals surface area contributed by atoms with Gasteiger partial charge in [-0.15, -0.1) is 15.3 Å². The highest BCUT2D eigenvalue weighted by atomic mass is 16.2. The Labute approximate surface area is 156 Å². The molecule has 1 saturated heterocycles. The molecule has 4 heterocycles. The van der Waals surface area contributed by atoms with Gasteiger partial charge in [0.2, 0.25) is 11.9 Å². The van der Waals surface area contributed by atoms with Gasteiger partial charge in [0.15, 0.2) is 11.5 Å². The van der Waals surface area contributed by atoms with Crippen LogP contribution in [0.5, 0.6) is 0 Å². The van der Waals surface area contributed by atoms with E-state index in [-0.39, 0.29) is 5.91 Å². The summed E-state index contributed by atoms with van der Waals surface area (Å²) in [5.74, 6) is 2.28. The maximum absolute atomic E-state index is 12.4. The first kappa shape index (κ1) is 17.1. The molecule has 0 unspecified atom stereocenters. The lowest BCUT2D eigenvalue weighted by Crippen LogP contribution is -2.49. The summed E-state index contributed by atoms with van der Waals surface area (Å²) in [6, 6.07) is 5.49. The van der Waals surface area contributed by atoms with Crippen LogP contribution in [0.2, 0.25) is 0 Å². The number of anilines is 2. The highest BCUT2D eigenvalue weighted by molar-refractivity contribution is 5.77. The zero-order valence-electron chi connectivity index (χ0n) is 15.1. The fourth-order valence-electron chi connectivity index (χ4n) is 3.06. The van der Waals surface area contributed by atoms with Gasteiger partial charge in [0.1, 0.15) is 5.82 Å². The summed E-state index contributed by atoms with van der Waals surface area (Å²) in [5.41, 5.74) is 0.703. The van der Waals surface area contributed by atoms with Gasteiger partial charge in [-0.05, 0) is 25.1 Å². The Balaban J connectivity index is 1.25. The van der Waals surface area contributed by atoms with Gasteiger partial charge in [-0.3, -0.25) is 4.79 Å². The summed E-state index contributed by atoms with van der Waals surface area (Å²) < 4.78 is 1.68. The Kier molecular flexibility index (Phi) is 4.77. The first-order chi connectivity index (χ1) is 13.2. The van der Waals surface area contributed by atoms with Crippen molar-refractivity contribution in [1.82, 2.24) is 34.7 Å². The molecule has 1 aliphatic rings. The molecule has 3 aromatic heterocycles. The Bertz CT molecular complexity index is 919. The molecule has 0 aliphatic carbocycles. The number of hydrogen-bond donors (Lipinski definition) is 1. The van der Waals surface area contributed by atoms with Crippen LogP contribution >= 0.6 is 0 Å². The Hall–Kier alpha value is -3.30. The van der Waals surface area contributed by atoms with Crippen molar-refractivity contribution >= 4 is 23.3 Å². The van der Waals surface area contributed by atoms with Crippen molar-refractivity contribution in [2.75, 3.05) is 42.9 Å². The van der Waals surface area contributed by atoms with Crippen LogP contribution in [0.3, 0.4) is 0 Å². The smallest absolute Gasteiger partial charge is 0.225 e. The topological polar surface area (TPSA) is 104 Å². The van der Waals surface area contributed by atoms with Crippen LogP contribution in [-0.4, -0.2) is 73.3 Å². The van der Waals surface area contributed by atoms with Crippen LogP contribution in [0.25, 0.3) is 5.65 Å². The van der Waals surface area contributed by atoms with E-state index in [2.05, 4.69) is 35.5 Å². The molecule has 1 N–H and O–H groups in total. The van der Waals surface area contributed by atoms with Crippen LogP contribution in [0, 0.1) is 6.92 Å². The van der Waals surface area contributed by atoms with E-state index in [1.165, 1.54) is 0 Å². The highest BCUT2D eigenvalue weighted by Crippen LogP contribution is 2.11. The van der Waals surface area contributed by atoms with E-state index in [1.54, 1.807) is 23.0 Å². The number of fused-ring (bicyclic) bond motifs is 1. The van der Waals surface area contributed by atoms with Gasteiger partial charge in [-0.1, -0.05) is 0 Å². The van der Waals surface area contributed by atoms with Crippen molar-refractivity contribution in [3.63, 3.8) is 0 Å². The molecular weight excluding hydrogens is 346 g/mol. The highest BCUT2D eigenvalue weighted by Gasteiger charge is 2.22. The standard InChI is InChI=1S/C17H21N9O/c1-13-21-22-15-4-3-14(23-26(13)15)18-8-5-16(27)24-9-11-25(12-10-24)17-19-6-2-7-20-17/h2-4,6-7H,5,8-12H2,1H3,(H,18,23). The van der Waals surface area contributed by atoms with Crippen molar-refractivity contribution in [1.29, 1.82) is 0 Å². The van der Waals surface area contributed by atoms with Gasteiger partial charge in [0, 0.05) is 51.5 Å². The van der Waals surface area contributed by atoms with Gasteiger partial charge in [-0.25, -0.2) is 9.97 Å². The molecule has 140 valence electrons. The lowest BCUT2D eigenvalue weighted by molar-refractivity contribution is -0.131. The molecule has 10 heteroatoms. The predicted molar refractivity (Wildman–Crippen MR) is 99.5 cm³/mol. The van der Waals surface area contributed by atoms with E-state index in [9.17, 15) is 4.79 Å². The second-order valence-electron chi connectivity index (χ2n) is 6.33. The summed E-state index contributed by atoms with van der Waals surface area (Å²) >= 11 is 0. The summed E-state index contributed by atoms with van der Waals surface area (Å²) in [5, 5.41) is 15.6. The predicted octanol–water partition coefficient (Wildman–Crippen LogP) is 0.374. The van der Waals surface area contributed by atoms with Gasteiger partial charge in [-0.2, -0.15) is 4.52 Å². The van der Waals surface area contributed by atoms with E-state index in [1.807, 2.05) is 24.0 Å². The maximum Gasteiger partial charge on any atom is 0.225 e. The molecule has 0 atom stereocenters. The van der Waals surface area contributed by atoms with E-state index < -0.39 is 0 Å². The zero-order valence-corrected chi connectivity index (χ0v) is 15.1. The monoisotopic (exact) mass is 367 g/mol. The number of carbonyl (C=O) groups excluding carboxylic acids is 1. The Morgan fingerprint density at radius 2 is 1.89 bits per heavy atom. The number of hydrogen-bond acceptors (Lipinski definition) is 8. The van der Waals surface area contributed by atoms with E-state index >= 15 is 0 Å². The van der Waals surface area contributed by atoms with E-state index in [0.717, 1.165) is 24.9 Å². The molecule has 0 saturated carbocycles. The van der Waals surface area contributed by atoms with Gasteiger partial charge >= 0.3 is 0 Å². The number of rotatable bonds is 5. The second-order valence-corrected chi connectivity index (χ2v) is 6.33. The average molecular weight is 367 g/mol. The van der Waals surface area contributed by atoms with Gasteiger partial charge in [0.25, 0.3) is 0 Å². The van der Waals surface area contributed by atoms with E-state index in [0.29, 0.717) is 37.5 Å². The van der Waals surface area contributed by atoms with Crippen LogP contribution in [-0.2, 0) is 4.79 Å². The molecule has 4 rings (SSSR count). The zero-order chi connectivity index (χ0) is 18.6. The normalized spacial score (nSPS) is 14.6. The minimum absolute atomic E-state index is 0.137. The van der Waals surface area contributed by atoms with Crippen LogP contribution in [0.4, 0.5) is 11.8 Å². The molecule has 3 aromatic rings. The molecule has 0 radical (unpaired) electrons. The Morgan fingerprint density at radius 1 is 1.11 bits per heavy atom. The summed E-state index contributed by atoms with van der Waals surface area (Å²) in [6.45, 7) is 5.23. The molecule has 0 bridgehead atoms. The largest absolute Gasteiger partial charge is 0.368 e. The molecular formula is C17H21N9O. The third-order valence-electron chi connectivity index (χ3n) is 4.53. The molecule has 1 fully saturated rings. The number of piperazine rings is 1. The molecule has 1 amide bonds. The second kappa shape index (κ2) is 7.52. The number of carbonyl (C=O) groups is 1. The van der Waals surface area contributed by atoms with Crippen molar-refractivity contribution in [3.8, 4) is 0 Å². The molecule has 0 aromatic carbocycles. The first-order valence-corrected chi connectivity index (χ1v) is 8.93. The summed E-state index contributed by atoms with van der Waals surface area (Å²) in [6.07, 6.45) is 3.89. The SMILES string of the molecule is Cc1nnc2ccc(NCCC(=O)N3CCN(c4ncccn4)CC3)nn12. The molecule has 27 heavy (non-hydrogen) atoms. The molecule has 1 aliphatic heterocycles. The molecule has 0 spiro atoms. The van der Waals surface area contributed by atoms with Gasteiger partial charge in [0.05, 0.1) is 0 Å². The number of nitrogens with one attached hydrogen (secondary N) is 1. The van der Waals surface area contributed by atoms with Crippen LogP contribution in [0.15, 0.2) is 30.6 Å². The van der Waals surface area contributed by atoms with Crippen molar-refractivity contribution < 1.29 is 4.79 Å². The number of aromatic nitrogens is 6. The van der Waals surface area contributed by atoms with Crippen molar-refractivity contribution in [2.45, 2.75) is 13.3 Å². The first-order valence-electron chi connectivity index (χ1n) is 8.93. The lowest BCUT2D eigenvalue weighted by atomic mass is 10.3. The maximum atomic E-state index is 12.4. The van der Waals surface area contributed by atoms with Crippen molar-refractivity contribution in [3.05, 3.63) is 36.4 Å². The number of aryl methyl sites for hydroxylation is 1. The quantitative estimate of drug-likeness (QED) is 0.690. The fourth-order valence-corrected chi connectivity index (χ4v) is 3.06. The molecule has 10 nitrogen and oxygen atoms in total. The van der Waals surface area contributed by atoms with Crippen molar-refractivity contribution in [2.24, 2.45) is 0 Å². The summed E-state index contributed by atoms with van der Waals surface area (Å²) in [4.78, 5) is 25.0. The van der Waals surface area contributed by atoms with E-state index in [4.69, 9.17) is 0 Å². The van der Waals surface area contributed by atoms with Gasteiger partial charge < -0.3 is 15.1 Å². The third-order valence-corrected chi connectivity index (χ3v) is 4.53. The van der Waals surface area contributed by atoms with Crippen LogP contribution < -0.4 is 10.2 Å². The average Bonchev–Trinajstić information content (AvgIpc) is 3.09. The lowest BCUT2D eigenvalue weighted by Gasteiger charge is -2.34.